The third-order valence-corrected chi connectivity index (χ3v) is 5.44. The summed E-state index contributed by atoms with van der Waals surface area (Å²) in [5.74, 6) is -0.232. The van der Waals surface area contributed by atoms with Gasteiger partial charge in [0.05, 0.1) is 0 Å². The summed E-state index contributed by atoms with van der Waals surface area (Å²) in [4.78, 5) is 17.7. The highest BCUT2D eigenvalue weighted by Crippen LogP contribution is 2.27. The lowest BCUT2D eigenvalue weighted by molar-refractivity contribution is 0.102. The summed E-state index contributed by atoms with van der Waals surface area (Å²) >= 11 is 7.79. The molecule has 0 fully saturated rings. The monoisotopic (exact) mass is 383 g/mol. The van der Waals surface area contributed by atoms with Gasteiger partial charge in [0.15, 0.2) is 5.13 Å². The van der Waals surface area contributed by atoms with Crippen LogP contribution in [0.2, 0.25) is 5.02 Å². The number of nitrogens with one attached hydrogen (secondary N) is 2. The lowest BCUT2D eigenvalue weighted by Gasteiger charge is -2.04. The summed E-state index contributed by atoms with van der Waals surface area (Å²) in [5.41, 5.74) is 3.96. The van der Waals surface area contributed by atoms with E-state index in [0.717, 1.165) is 21.0 Å². The van der Waals surface area contributed by atoms with E-state index in [2.05, 4.69) is 25.7 Å². The highest BCUT2D eigenvalue weighted by molar-refractivity contribution is 7.15. The standard InChI is InChI=1S/C18H14ClN5OS/c1-10-3-2-4-11(16(10)19)7-13-9-20-18(26-13)21-17(25)12-5-6-14-15(8-12)23-24-22-14/h2-6,8-9H,7H2,1H3,(H,20,21,25)(H,22,23,24). The molecule has 0 saturated heterocycles. The number of anilines is 1. The number of benzene rings is 2. The zero-order chi connectivity index (χ0) is 18.1. The Morgan fingerprint density at radius 2 is 2.08 bits per heavy atom. The number of H-pyrrole nitrogens is 1. The van der Waals surface area contributed by atoms with Gasteiger partial charge in [-0.15, -0.1) is 11.3 Å². The quantitative estimate of drug-likeness (QED) is 0.552. The van der Waals surface area contributed by atoms with Gasteiger partial charge in [-0.2, -0.15) is 15.4 Å². The van der Waals surface area contributed by atoms with E-state index in [1.54, 1.807) is 24.4 Å². The van der Waals surface area contributed by atoms with Gasteiger partial charge in [-0.3, -0.25) is 10.1 Å². The maximum Gasteiger partial charge on any atom is 0.257 e. The molecule has 2 heterocycles. The number of carbonyl (C=O) groups excluding carboxylic acids is 1. The van der Waals surface area contributed by atoms with Crippen LogP contribution in [0.25, 0.3) is 11.0 Å². The van der Waals surface area contributed by atoms with Gasteiger partial charge in [0.2, 0.25) is 0 Å². The molecule has 0 saturated carbocycles. The molecule has 8 heteroatoms. The van der Waals surface area contributed by atoms with Gasteiger partial charge >= 0.3 is 0 Å². The van der Waals surface area contributed by atoms with Crippen molar-refractivity contribution in [3.8, 4) is 0 Å². The number of nitrogens with zero attached hydrogens (tertiary/aromatic N) is 3. The van der Waals surface area contributed by atoms with Crippen molar-refractivity contribution in [2.24, 2.45) is 0 Å². The second-order valence-electron chi connectivity index (χ2n) is 5.84. The molecular weight excluding hydrogens is 370 g/mol. The molecule has 2 aromatic heterocycles. The average molecular weight is 384 g/mol. The first-order chi connectivity index (χ1) is 12.6. The maximum atomic E-state index is 12.4. The fourth-order valence-electron chi connectivity index (χ4n) is 2.63. The van der Waals surface area contributed by atoms with E-state index in [-0.39, 0.29) is 5.91 Å². The van der Waals surface area contributed by atoms with E-state index in [1.165, 1.54) is 11.3 Å². The van der Waals surface area contributed by atoms with E-state index in [4.69, 9.17) is 11.6 Å². The van der Waals surface area contributed by atoms with Crippen LogP contribution in [0.4, 0.5) is 5.13 Å². The van der Waals surface area contributed by atoms with E-state index >= 15 is 0 Å². The Labute approximate surface area is 158 Å². The zero-order valence-electron chi connectivity index (χ0n) is 13.8. The van der Waals surface area contributed by atoms with Crippen LogP contribution in [0.3, 0.4) is 0 Å². The first kappa shape index (κ1) is 16.7. The number of thiazole rings is 1. The second kappa shape index (κ2) is 6.86. The van der Waals surface area contributed by atoms with Gasteiger partial charge in [0.25, 0.3) is 5.91 Å². The summed E-state index contributed by atoms with van der Waals surface area (Å²) in [6.07, 6.45) is 2.44. The number of aryl methyl sites for hydroxylation is 1. The minimum Gasteiger partial charge on any atom is -0.298 e. The molecule has 2 aromatic carbocycles. The molecular formula is C18H14ClN5OS. The summed E-state index contributed by atoms with van der Waals surface area (Å²) in [5, 5.41) is 14.6. The Hall–Kier alpha value is -2.77. The number of carbonyl (C=O) groups is 1. The van der Waals surface area contributed by atoms with Crippen molar-refractivity contribution in [1.29, 1.82) is 0 Å². The lowest BCUT2D eigenvalue weighted by atomic mass is 10.1. The Balaban J connectivity index is 1.49. The van der Waals surface area contributed by atoms with Crippen LogP contribution in [0.5, 0.6) is 0 Å². The summed E-state index contributed by atoms with van der Waals surface area (Å²) in [6.45, 7) is 1.98. The van der Waals surface area contributed by atoms with Crippen molar-refractivity contribution in [3.63, 3.8) is 0 Å². The Bertz CT molecular complexity index is 1100. The molecule has 4 rings (SSSR count). The Kier molecular flexibility index (Phi) is 4.40. The number of halogens is 1. The van der Waals surface area contributed by atoms with Crippen LogP contribution in [0.1, 0.15) is 26.4 Å². The van der Waals surface area contributed by atoms with Crippen molar-refractivity contribution >= 4 is 45.0 Å². The predicted molar refractivity (Wildman–Crippen MR) is 103 cm³/mol. The molecule has 0 spiro atoms. The molecule has 0 bridgehead atoms. The number of hydrogen-bond acceptors (Lipinski definition) is 5. The number of amides is 1. The van der Waals surface area contributed by atoms with Crippen LogP contribution >= 0.6 is 22.9 Å². The van der Waals surface area contributed by atoms with Crippen LogP contribution in [0.15, 0.2) is 42.6 Å². The third-order valence-electron chi connectivity index (χ3n) is 3.99. The van der Waals surface area contributed by atoms with E-state index in [1.807, 2.05) is 25.1 Å². The first-order valence-corrected chi connectivity index (χ1v) is 9.10. The van der Waals surface area contributed by atoms with Crippen molar-refractivity contribution < 1.29 is 4.79 Å². The van der Waals surface area contributed by atoms with Crippen LogP contribution in [0, 0.1) is 6.92 Å². The highest BCUT2D eigenvalue weighted by atomic mass is 35.5. The molecule has 4 aromatic rings. The van der Waals surface area contributed by atoms with E-state index in [0.29, 0.717) is 28.1 Å². The van der Waals surface area contributed by atoms with Gasteiger partial charge < -0.3 is 0 Å². The van der Waals surface area contributed by atoms with Crippen LogP contribution < -0.4 is 5.32 Å². The number of fused-ring (bicyclic) bond motifs is 1. The molecule has 0 aliphatic rings. The first-order valence-electron chi connectivity index (χ1n) is 7.91. The Morgan fingerprint density at radius 1 is 1.23 bits per heavy atom. The fourth-order valence-corrected chi connectivity index (χ4v) is 3.65. The summed E-state index contributed by atoms with van der Waals surface area (Å²) in [7, 11) is 0. The van der Waals surface area contributed by atoms with Crippen LogP contribution in [-0.4, -0.2) is 26.3 Å². The maximum absolute atomic E-state index is 12.4. The SMILES string of the molecule is Cc1cccc(Cc2cnc(NC(=O)c3ccc4n[nH]nc4c3)s2)c1Cl. The fraction of sp³-hybridized carbons (Fsp3) is 0.111. The molecule has 6 nitrogen and oxygen atoms in total. The Morgan fingerprint density at radius 3 is 2.96 bits per heavy atom. The number of rotatable bonds is 4. The zero-order valence-corrected chi connectivity index (χ0v) is 15.4. The molecule has 0 atom stereocenters. The molecule has 130 valence electrons. The number of aromatic nitrogens is 4. The highest BCUT2D eigenvalue weighted by Gasteiger charge is 2.12. The molecule has 1 amide bonds. The minimum atomic E-state index is -0.232. The van der Waals surface area contributed by atoms with Gasteiger partial charge in [0.1, 0.15) is 11.0 Å². The predicted octanol–water partition coefficient (Wildman–Crippen LogP) is 4.22. The molecule has 26 heavy (non-hydrogen) atoms. The van der Waals surface area contributed by atoms with E-state index in [9.17, 15) is 4.79 Å². The molecule has 0 unspecified atom stereocenters. The lowest BCUT2D eigenvalue weighted by Crippen LogP contribution is -2.11. The van der Waals surface area contributed by atoms with E-state index < -0.39 is 0 Å². The smallest absolute Gasteiger partial charge is 0.257 e. The van der Waals surface area contributed by atoms with Crippen LogP contribution in [-0.2, 0) is 6.42 Å². The third kappa shape index (κ3) is 3.31. The normalized spacial score (nSPS) is 11.0. The largest absolute Gasteiger partial charge is 0.298 e. The number of aromatic amines is 1. The second-order valence-corrected chi connectivity index (χ2v) is 7.33. The molecule has 0 aliphatic heterocycles. The van der Waals surface area contributed by atoms with Gasteiger partial charge in [0, 0.05) is 28.1 Å². The van der Waals surface area contributed by atoms with Crippen molar-refractivity contribution in [2.75, 3.05) is 5.32 Å². The van der Waals surface area contributed by atoms with Gasteiger partial charge in [-0.25, -0.2) is 4.98 Å². The molecule has 0 radical (unpaired) electrons. The molecule has 0 aliphatic carbocycles. The topological polar surface area (TPSA) is 83.6 Å². The summed E-state index contributed by atoms with van der Waals surface area (Å²) in [6, 6.07) is 11.1. The van der Waals surface area contributed by atoms with Crippen molar-refractivity contribution in [1.82, 2.24) is 20.4 Å². The van der Waals surface area contributed by atoms with Gasteiger partial charge in [-0.1, -0.05) is 29.8 Å². The average Bonchev–Trinajstić information content (AvgIpc) is 3.27. The van der Waals surface area contributed by atoms with Crippen molar-refractivity contribution in [3.05, 3.63) is 69.2 Å². The molecule has 2 N–H and O–H groups in total. The number of hydrogen-bond donors (Lipinski definition) is 2. The van der Waals surface area contributed by atoms with Crippen molar-refractivity contribution in [2.45, 2.75) is 13.3 Å². The summed E-state index contributed by atoms with van der Waals surface area (Å²) < 4.78 is 0. The van der Waals surface area contributed by atoms with Gasteiger partial charge in [-0.05, 0) is 36.2 Å². The minimum absolute atomic E-state index is 0.232.